The second kappa shape index (κ2) is 8.58. The summed E-state index contributed by atoms with van der Waals surface area (Å²) in [5, 5.41) is 11.4. The van der Waals surface area contributed by atoms with E-state index in [9.17, 15) is 14.4 Å². The van der Waals surface area contributed by atoms with Crippen LogP contribution < -0.4 is 16.8 Å². The Morgan fingerprint density at radius 1 is 1.29 bits per heavy atom. The highest BCUT2D eigenvalue weighted by Crippen LogP contribution is 2.18. The van der Waals surface area contributed by atoms with Crippen LogP contribution in [0.2, 0.25) is 0 Å². The monoisotopic (exact) mass is 300 g/mol. The fourth-order valence-electron chi connectivity index (χ4n) is 2.34. The van der Waals surface area contributed by atoms with Crippen LogP contribution in [0.1, 0.15) is 25.7 Å². The van der Waals surface area contributed by atoms with Crippen molar-refractivity contribution in [3.8, 4) is 0 Å². The lowest BCUT2D eigenvalue weighted by molar-refractivity contribution is -0.137. The van der Waals surface area contributed by atoms with Crippen molar-refractivity contribution in [3.63, 3.8) is 0 Å². The molecule has 0 aliphatic carbocycles. The third-order valence-electron chi connectivity index (χ3n) is 3.55. The van der Waals surface area contributed by atoms with E-state index in [4.69, 9.17) is 16.6 Å². The van der Waals surface area contributed by atoms with Crippen LogP contribution in [0.4, 0.5) is 0 Å². The largest absolute Gasteiger partial charge is 0.396 e. The summed E-state index contributed by atoms with van der Waals surface area (Å²) < 4.78 is 0. The van der Waals surface area contributed by atoms with Gasteiger partial charge < -0.3 is 26.8 Å². The van der Waals surface area contributed by atoms with E-state index in [1.54, 1.807) is 4.90 Å². The fourth-order valence-corrected chi connectivity index (χ4v) is 2.34. The summed E-state index contributed by atoms with van der Waals surface area (Å²) in [6.07, 6.45) is 1.51. The van der Waals surface area contributed by atoms with Crippen LogP contribution in [0, 0.1) is 5.92 Å². The molecule has 1 heterocycles. The van der Waals surface area contributed by atoms with Gasteiger partial charge in [0.2, 0.25) is 17.7 Å². The first-order valence-electron chi connectivity index (χ1n) is 7.17. The number of nitrogens with zero attached hydrogens (tertiary/aromatic N) is 1. The minimum Gasteiger partial charge on any atom is -0.396 e. The number of rotatable bonds is 7. The first-order chi connectivity index (χ1) is 9.95. The van der Waals surface area contributed by atoms with Gasteiger partial charge in [-0.2, -0.15) is 0 Å². The molecular formula is C13H24N4O4. The van der Waals surface area contributed by atoms with Crippen LogP contribution in [0.15, 0.2) is 0 Å². The van der Waals surface area contributed by atoms with Gasteiger partial charge in [0.25, 0.3) is 0 Å². The van der Waals surface area contributed by atoms with E-state index in [0.717, 1.165) is 0 Å². The highest BCUT2D eigenvalue weighted by Gasteiger charge is 2.29. The van der Waals surface area contributed by atoms with Gasteiger partial charge in [0.05, 0.1) is 12.5 Å². The van der Waals surface area contributed by atoms with Crippen LogP contribution in [0.25, 0.3) is 0 Å². The molecule has 0 aromatic carbocycles. The highest BCUT2D eigenvalue weighted by molar-refractivity contribution is 5.87. The number of piperidine rings is 1. The molecule has 1 fully saturated rings. The third-order valence-corrected chi connectivity index (χ3v) is 3.55. The second-order valence-corrected chi connectivity index (χ2v) is 5.24. The minimum absolute atomic E-state index is 0.0445. The van der Waals surface area contributed by atoms with E-state index < -0.39 is 11.9 Å². The summed E-state index contributed by atoms with van der Waals surface area (Å²) in [5.74, 6) is -1.07. The van der Waals surface area contributed by atoms with Gasteiger partial charge >= 0.3 is 0 Å². The van der Waals surface area contributed by atoms with Crippen molar-refractivity contribution < 1.29 is 19.5 Å². The van der Waals surface area contributed by atoms with Gasteiger partial charge in [-0.15, -0.1) is 0 Å². The summed E-state index contributed by atoms with van der Waals surface area (Å²) in [4.78, 5) is 36.2. The molecule has 1 aliphatic rings. The average Bonchev–Trinajstić information content (AvgIpc) is 2.46. The van der Waals surface area contributed by atoms with Crippen molar-refractivity contribution in [2.24, 2.45) is 17.4 Å². The van der Waals surface area contributed by atoms with Crippen molar-refractivity contribution in [3.05, 3.63) is 0 Å². The van der Waals surface area contributed by atoms with Crippen molar-refractivity contribution in [2.45, 2.75) is 31.7 Å². The molecule has 0 aromatic heterocycles. The van der Waals surface area contributed by atoms with Crippen LogP contribution in [0.3, 0.4) is 0 Å². The standard InChI is InChI=1S/C13H24N4O4/c14-10(8-11(15)19)13(21)17-5-2-9(3-6-17)12(20)16-4-1-7-18/h9-10,18H,1-8,14H2,(H2,15,19)(H,16,20). The predicted molar refractivity (Wildman–Crippen MR) is 75.8 cm³/mol. The van der Waals surface area contributed by atoms with Crippen LogP contribution >= 0.6 is 0 Å². The Morgan fingerprint density at radius 2 is 1.90 bits per heavy atom. The fraction of sp³-hybridized carbons (Fsp3) is 0.769. The molecule has 1 rings (SSSR count). The molecule has 0 radical (unpaired) electrons. The smallest absolute Gasteiger partial charge is 0.240 e. The second-order valence-electron chi connectivity index (χ2n) is 5.24. The lowest BCUT2D eigenvalue weighted by Crippen LogP contribution is -2.49. The Hall–Kier alpha value is -1.67. The third kappa shape index (κ3) is 5.68. The highest BCUT2D eigenvalue weighted by atomic mass is 16.3. The van der Waals surface area contributed by atoms with Crippen molar-refractivity contribution in [2.75, 3.05) is 26.2 Å². The topological polar surface area (TPSA) is 139 Å². The Balaban J connectivity index is 2.36. The number of nitrogens with one attached hydrogen (secondary N) is 1. The molecule has 1 unspecified atom stereocenters. The molecule has 1 aliphatic heterocycles. The number of aliphatic hydroxyl groups is 1. The lowest BCUT2D eigenvalue weighted by Gasteiger charge is -2.32. The van der Waals surface area contributed by atoms with Crippen LogP contribution in [0.5, 0.6) is 0 Å². The minimum atomic E-state index is -0.905. The number of nitrogens with two attached hydrogens (primary N) is 2. The lowest BCUT2D eigenvalue weighted by atomic mass is 9.95. The van der Waals surface area contributed by atoms with Gasteiger partial charge in [0, 0.05) is 32.2 Å². The summed E-state index contributed by atoms with van der Waals surface area (Å²) in [7, 11) is 0. The molecule has 0 aromatic rings. The first-order valence-corrected chi connectivity index (χ1v) is 7.17. The van der Waals surface area contributed by atoms with Crippen LogP contribution in [-0.4, -0.2) is 60.0 Å². The molecule has 0 spiro atoms. The van der Waals surface area contributed by atoms with Gasteiger partial charge in [-0.3, -0.25) is 14.4 Å². The molecule has 21 heavy (non-hydrogen) atoms. The summed E-state index contributed by atoms with van der Waals surface area (Å²) in [6, 6.07) is -0.905. The van der Waals surface area contributed by atoms with Gasteiger partial charge in [-0.05, 0) is 19.3 Å². The average molecular weight is 300 g/mol. The molecule has 3 amide bonds. The molecule has 8 nitrogen and oxygen atoms in total. The van der Waals surface area contributed by atoms with Crippen molar-refractivity contribution in [1.82, 2.24) is 10.2 Å². The van der Waals surface area contributed by atoms with Gasteiger partial charge in [-0.25, -0.2) is 0 Å². The van der Waals surface area contributed by atoms with Crippen LogP contribution in [-0.2, 0) is 14.4 Å². The Labute approximate surface area is 123 Å². The number of amides is 3. The molecule has 120 valence electrons. The summed E-state index contributed by atoms with van der Waals surface area (Å²) in [6.45, 7) is 1.40. The number of hydrogen-bond acceptors (Lipinski definition) is 5. The zero-order valence-corrected chi connectivity index (χ0v) is 12.1. The molecule has 0 saturated carbocycles. The number of primary amides is 1. The maximum atomic E-state index is 12.0. The molecule has 0 bridgehead atoms. The summed E-state index contributed by atoms with van der Waals surface area (Å²) >= 11 is 0. The van der Waals surface area contributed by atoms with E-state index >= 15 is 0 Å². The SMILES string of the molecule is NC(=O)CC(N)C(=O)N1CCC(C(=O)NCCCO)CC1. The molecule has 1 atom stereocenters. The van der Waals surface area contributed by atoms with E-state index in [1.807, 2.05) is 0 Å². The predicted octanol–water partition coefficient (Wildman–Crippen LogP) is -2.07. The quantitative estimate of drug-likeness (QED) is 0.400. The van der Waals surface area contributed by atoms with E-state index in [0.29, 0.717) is 38.9 Å². The Morgan fingerprint density at radius 3 is 2.43 bits per heavy atom. The normalized spacial score (nSPS) is 17.3. The number of carbonyl (C=O) groups excluding carboxylic acids is 3. The number of aliphatic hydroxyl groups excluding tert-OH is 1. The van der Waals surface area contributed by atoms with Gasteiger partial charge in [-0.1, -0.05) is 0 Å². The maximum Gasteiger partial charge on any atom is 0.240 e. The van der Waals surface area contributed by atoms with Crippen molar-refractivity contribution >= 4 is 17.7 Å². The summed E-state index contributed by atoms with van der Waals surface area (Å²) in [5.41, 5.74) is 10.6. The zero-order chi connectivity index (χ0) is 15.8. The van der Waals surface area contributed by atoms with E-state index in [2.05, 4.69) is 5.32 Å². The molecule has 6 N–H and O–H groups in total. The Bertz CT molecular complexity index is 380. The van der Waals surface area contributed by atoms with Gasteiger partial charge in [0.15, 0.2) is 0 Å². The van der Waals surface area contributed by atoms with E-state index in [-0.39, 0.29) is 30.8 Å². The molecule has 8 heteroatoms. The first kappa shape index (κ1) is 17.4. The zero-order valence-electron chi connectivity index (χ0n) is 12.1. The van der Waals surface area contributed by atoms with Crippen molar-refractivity contribution in [1.29, 1.82) is 0 Å². The number of hydrogen-bond donors (Lipinski definition) is 4. The molecular weight excluding hydrogens is 276 g/mol. The number of likely N-dealkylation sites (tertiary alicyclic amines) is 1. The molecule has 1 saturated heterocycles. The van der Waals surface area contributed by atoms with E-state index in [1.165, 1.54) is 0 Å². The van der Waals surface area contributed by atoms with Gasteiger partial charge in [0.1, 0.15) is 0 Å². The maximum absolute atomic E-state index is 12.0. The number of carbonyl (C=O) groups is 3. The Kier molecular flexibility index (Phi) is 7.10.